The number of para-hydroxylation sites is 1. The number of nitrogens with one attached hydrogen (secondary N) is 1. The first-order chi connectivity index (χ1) is 12.0. The average Bonchev–Trinajstić information content (AvgIpc) is 2.54. The van der Waals surface area contributed by atoms with E-state index in [2.05, 4.69) is 5.32 Å². The summed E-state index contributed by atoms with van der Waals surface area (Å²) in [5.74, 6) is -0.364. The van der Waals surface area contributed by atoms with Gasteiger partial charge in [-0.25, -0.2) is 8.42 Å². The Bertz CT molecular complexity index is 981. The Labute approximate surface area is 152 Å². The summed E-state index contributed by atoms with van der Waals surface area (Å²) in [6.07, 6.45) is 0.886. The molecule has 0 radical (unpaired) electrons. The number of sulfone groups is 1. The van der Waals surface area contributed by atoms with Gasteiger partial charge in [0, 0.05) is 23.6 Å². The van der Waals surface area contributed by atoms with E-state index in [9.17, 15) is 23.3 Å². The molecule has 0 aromatic heterocycles. The zero-order valence-corrected chi connectivity index (χ0v) is 15.8. The van der Waals surface area contributed by atoms with Crippen LogP contribution in [0.4, 0.5) is 11.4 Å². The normalized spacial score (nSPS) is 11.4. The summed E-state index contributed by atoms with van der Waals surface area (Å²) in [6.45, 7) is 5.85. The van der Waals surface area contributed by atoms with Crippen molar-refractivity contribution in [2.75, 3.05) is 11.6 Å². The first-order valence-electron chi connectivity index (χ1n) is 7.91. The molecule has 138 valence electrons. The molecule has 0 heterocycles. The quantitative estimate of drug-likeness (QED) is 0.633. The number of nitro benzene ring substituents is 1. The highest BCUT2D eigenvalue weighted by Crippen LogP contribution is 2.29. The number of benzene rings is 2. The summed E-state index contributed by atoms with van der Waals surface area (Å²) in [6, 6.07) is 9.00. The minimum Gasteiger partial charge on any atom is -0.321 e. The zero-order chi connectivity index (χ0) is 19.6. The van der Waals surface area contributed by atoms with Crippen LogP contribution in [0.2, 0.25) is 0 Å². The van der Waals surface area contributed by atoms with Crippen molar-refractivity contribution in [3.63, 3.8) is 0 Å². The van der Waals surface area contributed by atoms with Gasteiger partial charge in [0.25, 0.3) is 11.6 Å². The van der Waals surface area contributed by atoms with Gasteiger partial charge < -0.3 is 5.32 Å². The van der Waals surface area contributed by atoms with Crippen LogP contribution in [0.1, 0.15) is 41.3 Å². The molecular weight excluding hydrogens is 356 g/mol. The molecule has 0 aliphatic carbocycles. The fourth-order valence-electron chi connectivity index (χ4n) is 2.64. The Morgan fingerprint density at radius 1 is 1.19 bits per heavy atom. The molecule has 0 aliphatic heterocycles. The second-order valence-electron chi connectivity index (χ2n) is 6.36. The standard InChI is InChI=1S/C18H20N2O5S/c1-11(2)14-7-5-6-12(3)17(14)19-18(21)13-8-9-16(26(4,24)25)15(10-13)20(22)23/h5-11H,1-4H3,(H,19,21). The van der Waals surface area contributed by atoms with Crippen molar-refractivity contribution in [3.05, 3.63) is 63.2 Å². The number of amides is 1. The maximum atomic E-state index is 12.6. The summed E-state index contributed by atoms with van der Waals surface area (Å²) in [4.78, 5) is 22.6. The lowest BCUT2D eigenvalue weighted by molar-refractivity contribution is -0.387. The number of carbonyl (C=O) groups is 1. The molecule has 26 heavy (non-hydrogen) atoms. The van der Waals surface area contributed by atoms with Crippen LogP contribution in [0.15, 0.2) is 41.3 Å². The Morgan fingerprint density at radius 2 is 1.85 bits per heavy atom. The molecule has 2 aromatic carbocycles. The number of nitro groups is 1. The van der Waals surface area contributed by atoms with Gasteiger partial charge in [-0.2, -0.15) is 0 Å². The van der Waals surface area contributed by atoms with E-state index in [1.165, 1.54) is 6.07 Å². The number of anilines is 1. The average molecular weight is 376 g/mol. The lowest BCUT2D eigenvalue weighted by atomic mass is 9.98. The molecule has 2 aromatic rings. The highest BCUT2D eigenvalue weighted by Gasteiger charge is 2.24. The predicted molar refractivity (Wildman–Crippen MR) is 99.4 cm³/mol. The van der Waals surface area contributed by atoms with Crippen LogP contribution in [-0.2, 0) is 9.84 Å². The van der Waals surface area contributed by atoms with Gasteiger partial charge in [-0.15, -0.1) is 0 Å². The molecule has 7 nitrogen and oxygen atoms in total. The predicted octanol–water partition coefficient (Wildman–Crippen LogP) is 3.68. The molecule has 8 heteroatoms. The number of hydrogen-bond donors (Lipinski definition) is 1. The van der Waals surface area contributed by atoms with Gasteiger partial charge in [0.15, 0.2) is 9.84 Å². The number of nitrogens with zero attached hydrogens (tertiary/aromatic N) is 1. The van der Waals surface area contributed by atoms with E-state index >= 15 is 0 Å². The number of rotatable bonds is 5. The van der Waals surface area contributed by atoms with Gasteiger partial charge in [-0.3, -0.25) is 14.9 Å². The van der Waals surface area contributed by atoms with Crippen molar-refractivity contribution in [2.24, 2.45) is 0 Å². The van der Waals surface area contributed by atoms with Crippen molar-refractivity contribution in [2.45, 2.75) is 31.6 Å². The molecule has 0 aliphatic rings. The van der Waals surface area contributed by atoms with Gasteiger partial charge in [-0.05, 0) is 36.1 Å². The van der Waals surface area contributed by atoms with Crippen molar-refractivity contribution in [1.82, 2.24) is 0 Å². The van der Waals surface area contributed by atoms with Gasteiger partial charge >= 0.3 is 0 Å². The van der Waals surface area contributed by atoms with Crippen molar-refractivity contribution in [1.29, 1.82) is 0 Å². The van der Waals surface area contributed by atoms with Crippen LogP contribution in [0.5, 0.6) is 0 Å². The van der Waals surface area contributed by atoms with Crippen molar-refractivity contribution in [3.8, 4) is 0 Å². The number of hydrogen-bond acceptors (Lipinski definition) is 5. The SMILES string of the molecule is Cc1cccc(C(C)C)c1NC(=O)c1ccc(S(C)(=O)=O)c([N+](=O)[O-])c1. The summed E-state index contributed by atoms with van der Waals surface area (Å²) in [7, 11) is -3.78. The summed E-state index contributed by atoms with van der Waals surface area (Å²) in [5.41, 5.74) is 1.87. The van der Waals surface area contributed by atoms with Crippen LogP contribution < -0.4 is 5.32 Å². The fraction of sp³-hybridized carbons (Fsp3) is 0.278. The molecule has 1 N–H and O–H groups in total. The van der Waals surface area contributed by atoms with E-state index < -0.39 is 31.3 Å². The third kappa shape index (κ3) is 4.08. The maximum Gasteiger partial charge on any atom is 0.288 e. The van der Waals surface area contributed by atoms with Crippen LogP contribution in [0.3, 0.4) is 0 Å². The minimum absolute atomic E-state index is 0.0158. The Kier molecular flexibility index (Phi) is 5.46. The summed E-state index contributed by atoms with van der Waals surface area (Å²) < 4.78 is 23.4. The first-order valence-corrected chi connectivity index (χ1v) is 9.81. The molecule has 1 amide bonds. The summed E-state index contributed by atoms with van der Waals surface area (Å²) in [5, 5.41) is 14.0. The smallest absolute Gasteiger partial charge is 0.288 e. The Hall–Kier alpha value is -2.74. The maximum absolute atomic E-state index is 12.6. The van der Waals surface area contributed by atoms with Gasteiger partial charge in [0.2, 0.25) is 0 Å². The van der Waals surface area contributed by atoms with E-state index in [0.717, 1.165) is 29.5 Å². The molecule has 0 unspecified atom stereocenters. The molecule has 2 rings (SSSR count). The van der Waals surface area contributed by atoms with Crippen LogP contribution in [0, 0.1) is 17.0 Å². The molecule has 0 spiro atoms. The number of carbonyl (C=O) groups excluding carboxylic acids is 1. The van der Waals surface area contributed by atoms with Gasteiger partial charge in [0.1, 0.15) is 4.90 Å². The van der Waals surface area contributed by atoms with Crippen molar-refractivity contribution >= 4 is 27.1 Å². The zero-order valence-electron chi connectivity index (χ0n) is 14.9. The molecule has 0 bridgehead atoms. The number of aryl methyl sites for hydroxylation is 1. The van der Waals surface area contributed by atoms with Crippen LogP contribution in [0.25, 0.3) is 0 Å². The molecule has 0 saturated heterocycles. The van der Waals surface area contributed by atoms with Crippen LogP contribution in [-0.4, -0.2) is 25.5 Å². The lowest BCUT2D eigenvalue weighted by Crippen LogP contribution is -2.15. The monoisotopic (exact) mass is 376 g/mol. The third-order valence-corrected chi connectivity index (χ3v) is 5.13. The minimum atomic E-state index is -3.78. The van der Waals surface area contributed by atoms with E-state index in [1.807, 2.05) is 39.0 Å². The molecular formula is C18H20N2O5S. The van der Waals surface area contributed by atoms with E-state index in [1.54, 1.807) is 0 Å². The van der Waals surface area contributed by atoms with Crippen molar-refractivity contribution < 1.29 is 18.1 Å². The summed E-state index contributed by atoms with van der Waals surface area (Å²) >= 11 is 0. The molecule has 0 fully saturated rings. The highest BCUT2D eigenvalue weighted by molar-refractivity contribution is 7.90. The first kappa shape index (κ1) is 19.6. The Balaban J connectivity index is 2.47. The highest BCUT2D eigenvalue weighted by atomic mass is 32.2. The van der Waals surface area contributed by atoms with E-state index in [-0.39, 0.29) is 11.5 Å². The molecule has 0 atom stereocenters. The second kappa shape index (κ2) is 7.25. The third-order valence-electron chi connectivity index (χ3n) is 3.98. The molecule has 0 saturated carbocycles. The largest absolute Gasteiger partial charge is 0.321 e. The van der Waals surface area contributed by atoms with E-state index in [4.69, 9.17) is 0 Å². The second-order valence-corrected chi connectivity index (χ2v) is 8.34. The van der Waals surface area contributed by atoms with Gasteiger partial charge in [0.05, 0.1) is 4.92 Å². The van der Waals surface area contributed by atoms with E-state index in [0.29, 0.717) is 5.69 Å². The van der Waals surface area contributed by atoms with Gasteiger partial charge in [-0.1, -0.05) is 32.0 Å². The lowest BCUT2D eigenvalue weighted by Gasteiger charge is -2.16. The topological polar surface area (TPSA) is 106 Å². The Morgan fingerprint density at radius 3 is 2.38 bits per heavy atom. The van der Waals surface area contributed by atoms with Crippen LogP contribution >= 0.6 is 0 Å². The fourth-order valence-corrected chi connectivity index (χ4v) is 3.47.